The van der Waals surface area contributed by atoms with E-state index in [-0.39, 0.29) is 0 Å². The molecule has 0 heterocycles. The van der Waals surface area contributed by atoms with Crippen molar-refractivity contribution < 1.29 is 28.3 Å². The van der Waals surface area contributed by atoms with Gasteiger partial charge in [-0.1, -0.05) is 0 Å². The van der Waals surface area contributed by atoms with Gasteiger partial charge in [0.15, 0.2) is 0 Å². The summed E-state index contributed by atoms with van der Waals surface area (Å²) in [5, 5.41) is 26.9. The third-order valence-electron chi connectivity index (χ3n) is 2.37. The normalized spacial score (nSPS) is 17.9. The van der Waals surface area contributed by atoms with Crippen LogP contribution in [0.1, 0.15) is 6.92 Å². The third kappa shape index (κ3) is 2.13. The molecule has 6 nitrogen and oxygen atoms in total. The van der Waals surface area contributed by atoms with Crippen molar-refractivity contribution in [1.29, 1.82) is 0 Å². The molecule has 0 aromatic carbocycles. The summed E-state index contributed by atoms with van der Waals surface area (Å²) < 4.78 is 27.7. The van der Waals surface area contributed by atoms with Gasteiger partial charge in [-0.05, 0) is 0 Å². The Morgan fingerprint density at radius 3 is 1.57 bits per heavy atom. The van der Waals surface area contributed by atoms with Crippen molar-refractivity contribution in [3.05, 3.63) is 0 Å². The van der Waals surface area contributed by atoms with Gasteiger partial charge in [-0.25, -0.2) is 0 Å². The van der Waals surface area contributed by atoms with Crippen LogP contribution < -0.4 is 0 Å². The molecule has 4 N–H and O–H groups in total. The van der Waals surface area contributed by atoms with Crippen LogP contribution in [0.2, 0.25) is 4.20 Å². The van der Waals surface area contributed by atoms with Crippen molar-refractivity contribution >= 4 is 27.0 Å². The van der Waals surface area contributed by atoms with E-state index < -0.39 is 38.9 Å². The zero-order valence-electron chi connectivity index (χ0n) is 7.71. The Balaban J connectivity index is 5.54. The van der Waals surface area contributed by atoms with E-state index in [4.69, 9.17) is 19.9 Å². The van der Waals surface area contributed by atoms with Crippen LogP contribution in [0, 0.1) is 0 Å². The molecule has 14 heavy (non-hydrogen) atoms. The van der Waals surface area contributed by atoms with Gasteiger partial charge in [0.25, 0.3) is 0 Å². The standard InChI is InChI=1S/C6H15AsO6S/c1-5(7,2-8)6(3-9,4-10)14(11,12)13/h8-10H,2-4,7H2,1H3,(H,11,12,13). The van der Waals surface area contributed by atoms with Crippen molar-refractivity contribution in [3.8, 4) is 0 Å². The molecule has 86 valence electrons. The van der Waals surface area contributed by atoms with E-state index in [0.717, 1.165) is 16.9 Å². The van der Waals surface area contributed by atoms with Gasteiger partial charge < -0.3 is 0 Å². The second-order valence-corrected chi connectivity index (χ2v) is 7.77. The number of aliphatic hydroxyl groups excluding tert-OH is 3. The number of hydrogen-bond donors (Lipinski definition) is 4. The first kappa shape index (κ1) is 14.3. The second kappa shape index (κ2) is 4.47. The van der Waals surface area contributed by atoms with Gasteiger partial charge in [-0.15, -0.1) is 0 Å². The summed E-state index contributed by atoms with van der Waals surface area (Å²) in [5.74, 6) is 0. The van der Waals surface area contributed by atoms with Gasteiger partial charge >= 0.3 is 91.0 Å². The molecule has 0 saturated carbocycles. The van der Waals surface area contributed by atoms with Gasteiger partial charge in [0.05, 0.1) is 0 Å². The molecule has 0 amide bonds. The Morgan fingerprint density at radius 2 is 1.50 bits per heavy atom. The van der Waals surface area contributed by atoms with Gasteiger partial charge in [-0.2, -0.15) is 0 Å². The minimum absolute atomic E-state index is 0.562. The number of hydrogen-bond acceptors (Lipinski definition) is 5. The second-order valence-electron chi connectivity index (χ2n) is 3.36. The van der Waals surface area contributed by atoms with E-state index in [1.807, 2.05) is 0 Å². The van der Waals surface area contributed by atoms with E-state index >= 15 is 0 Å². The number of aliphatic hydroxyl groups is 3. The zero-order chi connectivity index (χ0) is 11.6. The van der Waals surface area contributed by atoms with Crippen LogP contribution in [0.5, 0.6) is 0 Å². The van der Waals surface area contributed by atoms with Gasteiger partial charge in [-0.3, -0.25) is 0 Å². The molecule has 0 fully saturated rings. The van der Waals surface area contributed by atoms with Crippen LogP contribution in [-0.4, -0.2) is 69.7 Å². The summed E-state index contributed by atoms with van der Waals surface area (Å²) in [6, 6.07) is 0. The molecule has 8 heteroatoms. The van der Waals surface area contributed by atoms with Crippen LogP contribution >= 0.6 is 0 Å². The molecule has 0 saturated heterocycles. The summed E-state index contributed by atoms with van der Waals surface area (Å²) in [6.45, 7) is -1.10. The topological polar surface area (TPSA) is 115 Å². The van der Waals surface area contributed by atoms with E-state index in [1.165, 1.54) is 6.92 Å². The fraction of sp³-hybridized carbons (Fsp3) is 1.00. The fourth-order valence-corrected chi connectivity index (χ4v) is 3.31. The summed E-state index contributed by atoms with van der Waals surface area (Å²) in [7, 11) is -4.64. The summed E-state index contributed by atoms with van der Waals surface area (Å²) in [5.41, 5.74) is 0. The quantitative estimate of drug-likeness (QED) is 0.326. The molecule has 0 aromatic heterocycles. The molecule has 2 unspecified atom stereocenters. The Bertz CT molecular complexity index is 281. The first-order valence-electron chi connectivity index (χ1n) is 3.77. The molecule has 0 aliphatic heterocycles. The average molecular weight is 290 g/mol. The third-order valence-corrected chi connectivity index (χ3v) is 6.07. The van der Waals surface area contributed by atoms with E-state index in [0.29, 0.717) is 0 Å². The van der Waals surface area contributed by atoms with E-state index in [2.05, 4.69) is 0 Å². The van der Waals surface area contributed by atoms with Crippen molar-refractivity contribution in [2.75, 3.05) is 19.8 Å². The van der Waals surface area contributed by atoms with Crippen LogP contribution in [0.15, 0.2) is 0 Å². The fourth-order valence-electron chi connectivity index (χ4n) is 1.01. The van der Waals surface area contributed by atoms with Gasteiger partial charge in [0.1, 0.15) is 0 Å². The monoisotopic (exact) mass is 290 g/mol. The molecule has 0 radical (unpaired) electrons. The minimum atomic E-state index is -4.64. The molecule has 2 atom stereocenters. The van der Waals surface area contributed by atoms with Crippen molar-refractivity contribution in [2.45, 2.75) is 15.9 Å². The molecule has 0 aliphatic rings. The SMILES string of the molecule is CC([AsH2])(CO)C(CO)(CO)S(=O)(=O)O. The molecule has 0 aromatic rings. The van der Waals surface area contributed by atoms with Crippen LogP contribution in [0.3, 0.4) is 0 Å². The van der Waals surface area contributed by atoms with Crippen molar-refractivity contribution in [2.24, 2.45) is 0 Å². The molecule has 0 rings (SSSR count). The molecule has 0 spiro atoms. The Hall–Kier alpha value is 0.348. The van der Waals surface area contributed by atoms with E-state index in [9.17, 15) is 8.42 Å². The van der Waals surface area contributed by atoms with Crippen LogP contribution in [-0.2, 0) is 10.1 Å². The Morgan fingerprint density at radius 1 is 1.14 bits per heavy atom. The first-order chi connectivity index (χ1) is 6.18. The van der Waals surface area contributed by atoms with E-state index in [1.54, 1.807) is 0 Å². The Kier molecular flexibility index (Phi) is 4.58. The summed E-state index contributed by atoms with van der Waals surface area (Å²) in [4.78, 5) is 0. The van der Waals surface area contributed by atoms with Crippen molar-refractivity contribution in [3.63, 3.8) is 0 Å². The first-order valence-corrected chi connectivity index (χ1v) is 6.42. The van der Waals surface area contributed by atoms with Crippen LogP contribution in [0.25, 0.3) is 0 Å². The maximum atomic E-state index is 11.1. The molecular formula is C6H15AsO6S. The van der Waals surface area contributed by atoms with Gasteiger partial charge in [0.2, 0.25) is 0 Å². The van der Waals surface area contributed by atoms with Crippen molar-refractivity contribution in [1.82, 2.24) is 0 Å². The Labute approximate surface area is 91.2 Å². The van der Waals surface area contributed by atoms with Gasteiger partial charge in [0, 0.05) is 0 Å². The zero-order valence-corrected chi connectivity index (χ0v) is 11.0. The van der Waals surface area contributed by atoms with Crippen LogP contribution in [0.4, 0.5) is 0 Å². The predicted octanol–water partition coefficient (Wildman–Crippen LogP) is -2.60. The predicted molar refractivity (Wildman–Crippen MR) is 52.4 cm³/mol. The maximum absolute atomic E-state index is 11.1. The number of rotatable bonds is 5. The summed E-state index contributed by atoms with van der Waals surface area (Å²) >= 11 is 0.818. The molecule has 0 bridgehead atoms. The summed E-state index contributed by atoms with van der Waals surface area (Å²) in [6.07, 6.45) is 0. The average Bonchev–Trinajstić information content (AvgIpc) is 2.04. The molecular weight excluding hydrogens is 275 g/mol. The molecule has 0 aliphatic carbocycles.